The minimum Gasteiger partial charge on any atom is -0.395 e. The van der Waals surface area contributed by atoms with Gasteiger partial charge in [0.05, 0.1) is 11.9 Å². The first-order valence-corrected chi connectivity index (χ1v) is 12.2. The number of nitrogens with one attached hydrogen (secondary N) is 1. The molecule has 1 rings (SSSR count). The zero-order valence-corrected chi connectivity index (χ0v) is 17.6. The summed E-state index contributed by atoms with van der Waals surface area (Å²) in [6.07, 6.45) is 18.6. The quantitative estimate of drug-likeness (QED) is 0.387. The molecule has 26 heavy (non-hydrogen) atoms. The Hall–Kier alpha value is -0.200. The predicted octanol–water partition coefficient (Wildman–Crippen LogP) is 4.92. The number of rotatable bonds is 15. The molecule has 4 nitrogen and oxygen atoms in total. The van der Waals surface area contributed by atoms with E-state index in [-0.39, 0.29) is 23.1 Å². The lowest BCUT2D eigenvalue weighted by Crippen LogP contribution is -2.38. The van der Waals surface area contributed by atoms with E-state index in [0.717, 1.165) is 31.6 Å². The van der Waals surface area contributed by atoms with Gasteiger partial charge in [-0.25, -0.2) is 13.1 Å². The van der Waals surface area contributed by atoms with Crippen LogP contribution in [0.3, 0.4) is 0 Å². The second-order valence-electron chi connectivity index (χ2n) is 7.78. The minimum absolute atomic E-state index is 0. The fourth-order valence-corrected chi connectivity index (χ4v) is 5.46. The van der Waals surface area contributed by atoms with E-state index in [0.29, 0.717) is 0 Å². The molecule has 2 N–H and O–H groups in total. The number of sulfonamides is 1. The highest BCUT2D eigenvalue weighted by Gasteiger charge is 2.30. The average molecular weight is 396 g/mol. The topological polar surface area (TPSA) is 66.4 Å². The van der Waals surface area contributed by atoms with Crippen molar-refractivity contribution in [1.29, 1.82) is 0 Å². The van der Waals surface area contributed by atoms with Gasteiger partial charge in [0.2, 0.25) is 10.0 Å². The third kappa shape index (κ3) is 11.5. The number of unbranched alkanes of at least 4 members (excludes halogenated alkanes) is 9. The van der Waals surface area contributed by atoms with E-state index >= 15 is 0 Å². The molecule has 0 amide bonds. The van der Waals surface area contributed by atoms with Crippen molar-refractivity contribution in [2.24, 2.45) is 5.92 Å². The predicted molar refractivity (Wildman–Crippen MR) is 109 cm³/mol. The molecule has 0 bridgehead atoms. The second kappa shape index (κ2) is 15.8. The van der Waals surface area contributed by atoms with Crippen LogP contribution in [0.25, 0.3) is 0 Å². The van der Waals surface area contributed by atoms with Crippen LogP contribution in [0, 0.1) is 5.92 Å². The Bertz CT molecular complexity index is 409. The molecule has 0 aromatic rings. The summed E-state index contributed by atoms with van der Waals surface area (Å²) in [4.78, 5) is 0. The number of aliphatic hydroxyl groups is 1. The summed E-state index contributed by atoms with van der Waals surface area (Å²) in [6.45, 7) is 2.27. The molecule has 1 saturated carbocycles. The first-order valence-electron chi connectivity index (χ1n) is 10.7. The Morgan fingerprint density at radius 1 is 0.846 bits per heavy atom. The Balaban J connectivity index is 0.00000625. The highest BCUT2D eigenvalue weighted by molar-refractivity contribution is 7.90. The molecule has 0 aliphatic heterocycles. The van der Waals surface area contributed by atoms with Crippen molar-refractivity contribution in [3.05, 3.63) is 0 Å². The Kier molecular flexibility index (Phi) is 15.7. The lowest BCUT2D eigenvalue weighted by molar-refractivity contribution is 0.298. The van der Waals surface area contributed by atoms with Crippen LogP contribution in [-0.4, -0.2) is 31.9 Å². The maximum absolute atomic E-state index is 12.1. The molecule has 0 radical (unpaired) electrons. The Morgan fingerprint density at radius 2 is 1.35 bits per heavy atom. The van der Waals surface area contributed by atoms with Crippen LogP contribution in [0.4, 0.5) is 4.70 Å². The third-order valence-corrected chi connectivity index (χ3v) is 7.57. The van der Waals surface area contributed by atoms with Crippen LogP contribution in [-0.2, 0) is 10.0 Å². The van der Waals surface area contributed by atoms with E-state index in [2.05, 4.69) is 11.6 Å². The Labute approximate surface area is 161 Å². The van der Waals surface area contributed by atoms with Gasteiger partial charge in [-0.1, -0.05) is 77.6 Å². The molecule has 0 spiro atoms. The van der Waals surface area contributed by atoms with Crippen molar-refractivity contribution in [2.75, 3.05) is 13.2 Å². The van der Waals surface area contributed by atoms with Gasteiger partial charge in [-0.3, -0.25) is 4.70 Å². The second-order valence-corrected chi connectivity index (χ2v) is 9.82. The van der Waals surface area contributed by atoms with Crippen LogP contribution >= 0.6 is 0 Å². The molecule has 1 aliphatic carbocycles. The van der Waals surface area contributed by atoms with Crippen LogP contribution in [0.15, 0.2) is 0 Å². The van der Waals surface area contributed by atoms with Gasteiger partial charge in [0.15, 0.2) is 0 Å². The minimum atomic E-state index is -3.22. The maximum Gasteiger partial charge on any atom is 0.214 e. The van der Waals surface area contributed by atoms with Crippen molar-refractivity contribution in [3.8, 4) is 0 Å². The van der Waals surface area contributed by atoms with Crippen LogP contribution in [0.2, 0.25) is 0 Å². The van der Waals surface area contributed by atoms with Crippen molar-refractivity contribution in [2.45, 2.75) is 108 Å². The van der Waals surface area contributed by atoms with Gasteiger partial charge in [0, 0.05) is 6.54 Å². The first kappa shape index (κ1) is 25.8. The largest absolute Gasteiger partial charge is 0.395 e. The summed E-state index contributed by atoms with van der Waals surface area (Å²) in [7, 11) is -3.22. The van der Waals surface area contributed by atoms with Crippen LogP contribution < -0.4 is 4.72 Å². The van der Waals surface area contributed by atoms with E-state index in [1.54, 1.807) is 0 Å². The molecule has 0 saturated heterocycles. The number of aliphatic hydroxyl groups excluding tert-OH is 1. The molecule has 0 aromatic heterocycles. The SMILES string of the molecule is CCCCCCCCCCCCC1CCC(S(=O)(=O)NCCO)CC1.F. The maximum atomic E-state index is 12.1. The van der Waals surface area contributed by atoms with Gasteiger partial charge in [0.25, 0.3) is 0 Å². The van der Waals surface area contributed by atoms with Crippen LogP contribution in [0.5, 0.6) is 0 Å². The van der Waals surface area contributed by atoms with Gasteiger partial charge >= 0.3 is 0 Å². The fourth-order valence-electron chi connectivity index (χ4n) is 3.96. The van der Waals surface area contributed by atoms with Gasteiger partial charge in [0.1, 0.15) is 0 Å². The molecular weight excluding hydrogens is 353 g/mol. The number of hydrogen-bond acceptors (Lipinski definition) is 3. The van der Waals surface area contributed by atoms with E-state index in [1.165, 1.54) is 70.6 Å². The zero-order chi connectivity index (χ0) is 18.4. The molecule has 0 atom stereocenters. The van der Waals surface area contributed by atoms with E-state index in [9.17, 15) is 8.42 Å². The van der Waals surface area contributed by atoms with Gasteiger partial charge in [-0.15, -0.1) is 0 Å². The molecule has 6 heteroatoms. The molecule has 0 heterocycles. The lowest BCUT2D eigenvalue weighted by Gasteiger charge is -2.28. The summed E-state index contributed by atoms with van der Waals surface area (Å²) < 4.78 is 26.6. The van der Waals surface area contributed by atoms with E-state index in [1.807, 2.05) is 0 Å². The van der Waals surface area contributed by atoms with Gasteiger partial charge in [-0.05, 0) is 31.6 Å². The van der Waals surface area contributed by atoms with Gasteiger partial charge in [-0.2, -0.15) is 0 Å². The number of halogens is 1. The molecule has 0 aromatic carbocycles. The smallest absolute Gasteiger partial charge is 0.214 e. The fraction of sp³-hybridized carbons (Fsp3) is 1.00. The van der Waals surface area contributed by atoms with Crippen molar-refractivity contribution in [3.63, 3.8) is 0 Å². The van der Waals surface area contributed by atoms with E-state index < -0.39 is 10.0 Å². The lowest BCUT2D eigenvalue weighted by atomic mass is 9.85. The van der Waals surface area contributed by atoms with Crippen LogP contribution in [0.1, 0.15) is 103 Å². The summed E-state index contributed by atoms with van der Waals surface area (Å²) in [5.41, 5.74) is 0. The molecule has 1 aliphatic rings. The zero-order valence-electron chi connectivity index (χ0n) is 16.8. The Morgan fingerprint density at radius 3 is 1.85 bits per heavy atom. The first-order chi connectivity index (χ1) is 12.1. The van der Waals surface area contributed by atoms with Crippen molar-refractivity contribution >= 4 is 10.0 Å². The monoisotopic (exact) mass is 395 g/mol. The summed E-state index contributed by atoms with van der Waals surface area (Å²) >= 11 is 0. The summed E-state index contributed by atoms with van der Waals surface area (Å²) in [6, 6.07) is 0. The van der Waals surface area contributed by atoms with Crippen molar-refractivity contribution < 1.29 is 18.2 Å². The summed E-state index contributed by atoms with van der Waals surface area (Å²) in [5.74, 6) is 0.721. The highest BCUT2D eigenvalue weighted by atomic mass is 32.2. The van der Waals surface area contributed by atoms with Crippen molar-refractivity contribution in [1.82, 2.24) is 4.72 Å². The standard InChI is InChI=1S/C20H41NO3S.FH/c1-2-3-4-5-6-7-8-9-10-11-12-19-13-15-20(16-14-19)25(23,24)21-17-18-22;/h19-22H,2-18H2,1H3;1H. The molecule has 1 fully saturated rings. The summed E-state index contributed by atoms with van der Waals surface area (Å²) in [5, 5.41) is 8.52. The normalized spacial score (nSPS) is 20.7. The highest BCUT2D eigenvalue weighted by Crippen LogP contribution is 2.31. The molecule has 0 unspecified atom stereocenters. The molecule has 158 valence electrons. The van der Waals surface area contributed by atoms with E-state index in [4.69, 9.17) is 5.11 Å². The molecular formula is C20H42FNO3S. The average Bonchev–Trinajstić information content (AvgIpc) is 2.62. The third-order valence-electron chi connectivity index (χ3n) is 5.61. The number of hydrogen-bond donors (Lipinski definition) is 2. The van der Waals surface area contributed by atoms with Gasteiger partial charge < -0.3 is 5.11 Å².